The lowest BCUT2D eigenvalue weighted by Crippen LogP contribution is -2.44. The zero-order valence-corrected chi connectivity index (χ0v) is 14.3. The molecule has 0 unspecified atom stereocenters. The third kappa shape index (κ3) is 4.01. The largest absolute Gasteiger partial charge is 0.369 e. The smallest absolute Gasteiger partial charge is 0.315 e. The van der Waals surface area contributed by atoms with Crippen molar-refractivity contribution in [1.82, 2.24) is 15.6 Å². The number of carbonyl (C=O) groups is 1. The van der Waals surface area contributed by atoms with E-state index in [1.54, 1.807) is 11.3 Å². The Morgan fingerprint density at radius 2 is 2.17 bits per heavy atom. The van der Waals surface area contributed by atoms with Crippen molar-refractivity contribution in [3.8, 4) is 0 Å². The standard InChI is InChI=1S/C17H22N4OS/c1-12-11-23-16(18-12)13(2)19-17(22)20-14-8-9-21(10-14)15-6-4-3-5-7-15/h3-7,11,13-14H,8-10H2,1-2H3,(H2,19,20,22)/t13-,14-/m1/s1. The summed E-state index contributed by atoms with van der Waals surface area (Å²) in [7, 11) is 0. The summed E-state index contributed by atoms with van der Waals surface area (Å²) in [6.45, 7) is 5.74. The second-order valence-electron chi connectivity index (χ2n) is 5.93. The Morgan fingerprint density at radius 3 is 2.87 bits per heavy atom. The highest BCUT2D eigenvalue weighted by molar-refractivity contribution is 7.09. The van der Waals surface area contributed by atoms with Gasteiger partial charge in [0.2, 0.25) is 0 Å². The maximum Gasteiger partial charge on any atom is 0.315 e. The number of urea groups is 1. The minimum Gasteiger partial charge on any atom is -0.369 e. The molecule has 0 spiro atoms. The van der Waals surface area contributed by atoms with Gasteiger partial charge in [0.1, 0.15) is 5.01 Å². The summed E-state index contributed by atoms with van der Waals surface area (Å²) < 4.78 is 0. The lowest BCUT2D eigenvalue weighted by atomic mass is 10.2. The average molecular weight is 330 g/mol. The number of amides is 2. The first-order valence-corrected chi connectivity index (χ1v) is 8.79. The van der Waals surface area contributed by atoms with Gasteiger partial charge in [-0.3, -0.25) is 0 Å². The number of thiazole rings is 1. The Kier molecular flexibility index (Phi) is 4.81. The van der Waals surface area contributed by atoms with Crippen LogP contribution in [0.1, 0.15) is 30.1 Å². The van der Waals surface area contributed by atoms with Gasteiger partial charge in [-0.1, -0.05) is 18.2 Å². The van der Waals surface area contributed by atoms with Gasteiger partial charge in [-0.25, -0.2) is 9.78 Å². The number of nitrogens with zero attached hydrogens (tertiary/aromatic N) is 2. The van der Waals surface area contributed by atoms with Crippen molar-refractivity contribution in [2.45, 2.75) is 32.4 Å². The third-order valence-electron chi connectivity index (χ3n) is 4.00. The van der Waals surface area contributed by atoms with Crippen molar-refractivity contribution in [2.24, 2.45) is 0 Å². The molecule has 6 heteroatoms. The lowest BCUT2D eigenvalue weighted by Gasteiger charge is -2.19. The van der Waals surface area contributed by atoms with Crippen molar-refractivity contribution in [3.63, 3.8) is 0 Å². The number of aryl methyl sites for hydroxylation is 1. The molecular formula is C17H22N4OS. The first kappa shape index (κ1) is 15.8. The molecule has 3 rings (SSSR count). The number of para-hydroxylation sites is 1. The van der Waals surface area contributed by atoms with Crippen LogP contribution < -0.4 is 15.5 Å². The molecule has 0 aliphatic carbocycles. The average Bonchev–Trinajstić information content (AvgIpc) is 3.17. The molecule has 0 bridgehead atoms. The van der Waals surface area contributed by atoms with E-state index in [4.69, 9.17) is 0 Å². The minimum atomic E-state index is -0.120. The second kappa shape index (κ2) is 7.00. The number of aromatic nitrogens is 1. The van der Waals surface area contributed by atoms with Crippen LogP contribution in [0.15, 0.2) is 35.7 Å². The Labute approximate surface area is 140 Å². The first-order chi connectivity index (χ1) is 11.1. The Morgan fingerprint density at radius 1 is 1.39 bits per heavy atom. The van der Waals surface area contributed by atoms with Gasteiger partial charge in [-0.15, -0.1) is 11.3 Å². The number of hydrogen-bond donors (Lipinski definition) is 2. The SMILES string of the molecule is Cc1csc([C@@H](C)NC(=O)N[C@@H]2CCN(c3ccccc3)C2)n1. The van der Waals surface area contributed by atoms with Crippen molar-refractivity contribution < 1.29 is 4.79 Å². The molecule has 1 saturated heterocycles. The van der Waals surface area contributed by atoms with E-state index in [1.807, 2.05) is 37.4 Å². The molecule has 1 aliphatic heterocycles. The summed E-state index contributed by atoms with van der Waals surface area (Å²) in [5.41, 5.74) is 2.21. The predicted octanol–water partition coefficient (Wildman–Crippen LogP) is 3.09. The predicted molar refractivity (Wildman–Crippen MR) is 94.0 cm³/mol. The minimum absolute atomic E-state index is 0.0691. The van der Waals surface area contributed by atoms with Crippen LogP contribution in [-0.2, 0) is 0 Å². The van der Waals surface area contributed by atoms with Crippen molar-refractivity contribution >= 4 is 23.1 Å². The van der Waals surface area contributed by atoms with Gasteiger partial charge in [0.15, 0.2) is 0 Å². The van der Waals surface area contributed by atoms with E-state index in [0.717, 1.165) is 30.2 Å². The molecule has 2 heterocycles. The monoisotopic (exact) mass is 330 g/mol. The highest BCUT2D eigenvalue weighted by atomic mass is 32.1. The van der Waals surface area contributed by atoms with Crippen LogP contribution in [-0.4, -0.2) is 30.1 Å². The van der Waals surface area contributed by atoms with Crippen LogP contribution in [0.3, 0.4) is 0 Å². The highest BCUT2D eigenvalue weighted by Gasteiger charge is 2.24. The van der Waals surface area contributed by atoms with Gasteiger partial charge in [-0.2, -0.15) is 0 Å². The molecule has 2 N–H and O–H groups in total. The van der Waals surface area contributed by atoms with E-state index in [-0.39, 0.29) is 18.1 Å². The number of hydrogen-bond acceptors (Lipinski definition) is 4. The quantitative estimate of drug-likeness (QED) is 0.906. The number of carbonyl (C=O) groups excluding carboxylic acids is 1. The molecule has 0 radical (unpaired) electrons. The fourth-order valence-electron chi connectivity index (χ4n) is 2.81. The fourth-order valence-corrected chi connectivity index (χ4v) is 3.61. The zero-order valence-electron chi connectivity index (χ0n) is 13.5. The Hall–Kier alpha value is -2.08. The molecule has 2 atom stereocenters. The Bertz CT molecular complexity index is 658. The van der Waals surface area contributed by atoms with Gasteiger partial charge < -0.3 is 15.5 Å². The highest BCUT2D eigenvalue weighted by Crippen LogP contribution is 2.20. The van der Waals surface area contributed by atoms with E-state index in [9.17, 15) is 4.79 Å². The lowest BCUT2D eigenvalue weighted by molar-refractivity contribution is 0.235. The van der Waals surface area contributed by atoms with E-state index in [2.05, 4.69) is 32.7 Å². The molecule has 0 saturated carbocycles. The van der Waals surface area contributed by atoms with E-state index < -0.39 is 0 Å². The molecule has 2 amide bonds. The van der Waals surface area contributed by atoms with E-state index in [1.165, 1.54) is 5.69 Å². The number of rotatable bonds is 4. The third-order valence-corrected chi connectivity index (χ3v) is 5.14. The molecule has 5 nitrogen and oxygen atoms in total. The second-order valence-corrected chi connectivity index (χ2v) is 6.82. The van der Waals surface area contributed by atoms with E-state index in [0.29, 0.717) is 0 Å². The summed E-state index contributed by atoms with van der Waals surface area (Å²) in [5.74, 6) is 0. The van der Waals surface area contributed by atoms with Crippen molar-refractivity contribution in [1.29, 1.82) is 0 Å². The number of benzene rings is 1. The maximum absolute atomic E-state index is 12.2. The molecule has 1 fully saturated rings. The first-order valence-electron chi connectivity index (χ1n) is 7.91. The van der Waals surface area contributed by atoms with Gasteiger partial charge >= 0.3 is 6.03 Å². The van der Waals surface area contributed by atoms with Crippen LogP contribution >= 0.6 is 11.3 Å². The van der Waals surface area contributed by atoms with Crippen molar-refractivity contribution in [2.75, 3.05) is 18.0 Å². The number of anilines is 1. The summed E-state index contributed by atoms with van der Waals surface area (Å²) >= 11 is 1.58. The Balaban J connectivity index is 1.49. The fraction of sp³-hybridized carbons (Fsp3) is 0.412. The molecule has 1 aromatic heterocycles. The van der Waals surface area contributed by atoms with Gasteiger partial charge in [-0.05, 0) is 32.4 Å². The maximum atomic E-state index is 12.2. The topological polar surface area (TPSA) is 57.3 Å². The van der Waals surface area contributed by atoms with Gasteiger partial charge in [0.25, 0.3) is 0 Å². The van der Waals surface area contributed by atoms with Crippen molar-refractivity contribution in [3.05, 3.63) is 46.4 Å². The van der Waals surface area contributed by atoms with Crippen LogP contribution in [0.25, 0.3) is 0 Å². The summed E-state index contributed by atoms with van der Waals surface area (Å²) in [6, 6.07) is 10.3. The number of nitrogens with one attached hydrogen (secondary N) is 2. The molecule has 23 heavy (non-hydrogen) atoms. The molecule has 1 aliphatic rings. The van der Waals surface area contributed by atoms with Crippen LogP contribution in [0, 0.1) is 6.92 Å². The van der Waals surface area contributed by atoms with Gasteiger partial charge in [0.05, 0.1) is 6.04 Å². The van der Waals surface area contributed by atoms with Crippen LogP contribution in [0.2, 0.25) is 0 Å². The molecule has 2 aromatic rings. The normalized spacial score (nSPS) is 18.7. The molecule has 1 aromatic carbocycles. The summed E-state index contributed by atoms with van der Waals surface area (Å²) in [6.07, 6.45) is 0.965. The zero-order chi connectivity index (χ0) is 16.2. The van der Waals surface area contributed by atoms with E-state index >= 15 is 0 Å². The summed E-state index contributed by atoms with van der Waals surface area (Å²) in [5, 5.41) is 8.98. The molecular weight excluding hydrogens is 308 g/mol. The van der Waals surface area contributed by atoms with Crippen LogP contribution in [0.4, 0.5) is 10.5 Å². The van der Waals surface area contributed by atoms with Gasteiger partial charge in [0, 0.05) is 35.9 Å². The molecule has 122 valence electrons. The summed E-state index contributed by atoms with van der Waals surface area (Å²) in [4.78, 5) is 18.9. The van der Waals surface area contributed by atoms with Crippen LogP contribution in [0.5, 0.6) is 0 Å².